The second-order valence-electron chi connectivity index (χ2n) is 11.6. The maximum absolute atomic E-state index is 6.70. The molecule has 0 bridgehead atoms. The zero-order valence-electron chi connectivity index (χ0n) is 22.3. The van der Waals surface area contributed by atoms with Gasteiger partial charge in [0, 0.05) is 27.9 Å². The second kappa shape index (κ2) is 8.34. The number of aromatic nitrogens is 1. The summed E-state index contributed by atoms with van der Waals surface area (Å²) in [6.45, 7) is 13.7. The van der Waals surface area contributed by atoms with Crippen LogP contribution in [0.1, 0.15) is 62.8 Å². The van der Waals surface area contributed by atoms with Gasteiger partial charge in [0.05, 0.1) is 5.69 Å². The first kappa shape index (κ1) is 23.0. The summed E-state index contributed by atoms with van der Waals surface area (Å²) < 4.78 is 6.70. The average molecular weight is 474 g/mol. The Balaban J connectivity index is 1.71. The van der Waals surface area contributed by atoms with E-state index in [2.05, 4.69) is 102 Å². The number of furan rings is 1. The van der Waals surface area contributed by atoms with Crippen molar-refractivity contribution in [3.63, 3.8) is 0 Å². The molecule has 0 N–H and O–H groups in total. The fraction of sp³-hybridized carbons (Fsp3) is 0.324. The molecule has 6 rings (SSSR count). The van der Waals surface area contributed by atoms with Gasteiger partial charge in [0.1, 0.15) is 11.2 Å². The first-order valence-corrected chi connectivity index (χ1v) is 13.3. The average Bonchev–Trinajstić information content (AvgIpc) is 3.34. The zero-order valence-corrected chi connectivity index (χ0v) is 22.3. The van der Waals surface area contributed by atoms with E-state index in [1.54, 1.807) is 0 Å². The summed E-state index contributed by atoms with van der Waals surface area (Å²) in [7, 11) is 0. The van der Waals surface area contributed by atoms with Gasteiger partial charge < -0.3 is 4.42 Å². The van der Waals surface area contributed by atoms with Gasteiger partial charge in [-0.15, -0.1) is 0 Å². The number of hydrogen-bond donors (Lipinski definition) is 0. The quantitative estimate of drug-likeness (QED) is 0.254. The minimum absolute atomic E-state index is 0.0285. The van der Waals surface area contributed by atoms with Crippen LogP contribution in [0, 0.1) is 25.7 Å². The first-order chi connectivity index (χ1) is 17.3. The summed E-state index contributed by atoms with van der Waals surface area (Å²) in [4.78, 5) is 4.78. The highest BCUT2D eigenvalue weighted by Gasteiger charge is 2.45. The van der Waals surface area contributed by atoms with Gasteiger partial charge in [-0.2, -0.15) is 0 Å². The lowest BCUT2D eigenvalue weighted by molar-refractivity contribution is 0.339. The Morgan fingerprint density at radius 2 is 1.50 bits per heavy atom. The van der Waals surface area contributed by atoms with Gasteiger partial charge in [0.25, 0.3) is 0 Å². The molecule has 182 valence electrons. The van der Waals surface area contributed by atoms with Gasteiger partial charge in [0.2, 0.25) is 0 Å². The molecular weight excluding hydrogens is 438 g/mol. The molecule has 0 saturated carbocycles. The summed E-state index contributed by atoms with van der Waals surface area (Å²) in [5, 5.41) is 2.48. The predicted octanol–water partition coefficient (Wildman–Crippen LogP) is 9.62. The van der Waals surface area contributed by atoms with Crippen molar-refractivity contribution in [1.82, 2.24) is 4.98 Å². The molecule has 0 atom stereocenters. The van der Waals surface area contributed by atoms with Crippen molar-refractivity contribution in [3.8, 4) is 22.4 Å². The van der Waals surface area contributed by atoms with Gasteiger partial charge in [0.15, 0.2) is 0 Å². The minimum atomic E-state index is -0.0285. The third-order valence-electron chi connectivity index (χ3n) is 8.04. The normalized spacial score (nSPS) is 14.2. The van der Waals surface area contributed by atoms with E-state index in [9.17, 15) is 0 Å². The van der Waals surface area contributed by atoms with Crippen LogP contribution in [0.25, 0.3) is 44.3 Å². The molecule has 0 unspecified atom stereocenters. The Morgan fingerprint density at radius 3 is 2.22 bits per heavy atom. The highest BCUT2D eigenvalue weighted by atomic mass is 16.3. The topological polar surface area (TPSA) is 26.0 Å². The molecule has 0 spiro atoms. The summed E-state index contributed by atoms with van der Waals surface area (Å²) in [6, 6.07) is 22.3. The summed E-state index contributed by atoms with van der Waals surface area (Å²) in [5.41, 5.74) is 12.1. The van der Waals surface area contributed by atoms with E-state index in [1.807, 2.05) is 6.20 Å². The molecule has 2 aromatic heterocycles. The lowest BCUT2D eigenvalue weighted by Crippen LogP contribution is -2.29. The Labute approximate surface area is 214 Å². The van der Waals surface area contributed by atoms with Gasteiger partial charge in [-0.1, -0.05) is 70.2 Å². The van der Waals surface area contributed by atoms with E-state index in [-0.39, 0.29) is 5.41 Å². The standard InChI is InChI=1S/C34H35NO/c1-20(2)17-34(18-21(3)4)28-13-8-7-10-24(28)25-14-15-30-31(32(25)34)27-12-9-11-26(33(27)36-30)29-16-22(5)23(6)19-35-29/h7-16,19-21H,17-18H2,1-6H3. The lowest BCUT2D eigenvalue weighted by Gasteiger charge is -2.36. The zero-order chi connectivity index (χ0) is 25.2. The summed E-state index contributed by atoms with van der Waals surface area (Å²) >= 11 is 0. The molecule has 3 aromatic carbocycles. The predicted molar refractivity (Wildman–Crippen MR) is 152 cm³/mol. The Hall–Kier alpha value is -3.39. The summed E-state index contributed by atoms with van der Waals surface area (Å²) in [5.74, 6) is 1.15. The Kier molecular flexibility index (Phi) is 5.33. The molecule has 0 aliphatic heterocycles. The smallest absolute Gasteiger partial charge is 0.144 e. The fourth-order valence-corrected chi connectivity index (χ4v) is 6.76. The number of fused-ring (bicyclic) bond motifs is 7. The molecule has 2 nitrogen and oxygen atoms in total. The maximum atomic E-state index is 6.70. The van der Waals surface area contributed by atoms with Crippen LogP contribution in [0.15, 0.2) is 71.3 Å². The van der Waals surface area contributed by atoms with E-state index in [0.717, 1.165) is 35.3 Å². The SMILES string of the molecule is Cc1cnc(-c2cccc3c2oc2ccc4c(c23)C(CC(C)C)(CC(C)C)c2ccccc2-4)cc1C. The number of hydrogen-bond acceptors (Lipinski definition) is 2. The third-order valence-corrected chi connectivity index (χ3v) is 8.04. The van der Waals surface area contributed by atoms with Crippen LogP contribution >= 0.6 is 0 Å². The van der Waals surface area contributed by atoms with Crippen LogP contribution in [0.4, 0.5) is 0 Å². The summed E-state index contributed by atoms with van der Waals surface area (Å²) in [6.07, 6.45) is 4.22. The van der Waals surface area contributed by atoms with E-state index < -0.39 is 0 Å². The molecule has 2 heteroatoms. The molecule has 5 aromatic rings. The lowest BCUT2D eigenvalue weighted by atomic mass is 9.67. The highest BCUT2D eigenvalue weighted by Crippen LogP contribution is 2.58. The van der Waals surface area contributed by atoms with Crippen LogP contribution in [0.5, 0.6) is 0 Å². The largest absolute Gasteiger partial charge is 0.455 e. The first-order valence-electron chi connectivity index (χ1n) is 13.3. The second-order valence-corrected chi connectivity index (χ2v) is 11.6. The van der Waals surface area contributed by atoms with Gasteiger partial charge in [-0.05, 0) is 90.1 Å². The molecule has 0 saturated heterocycles. The highest BCUT2D eigenvalue weighted by molar-refractivity contribution is 6.14. The van der Waals surface area contributed by atoms with E-state index in [0.29, 0.717) is 11.8 Å². The van der Waals surface area contributed by atoms with Crippen LogP contribution in [0.2, 0.25) is 0 Å². The Morgan fingerprint density at radius 1 is 0.778 bits per heavy atom. The van der Waals surface area contributed by atoms with Crippen LogP contribution in [-0.4, -0.2) is 4.98 Å². The van der Waals surface area contributed by atoms with Crippen molar-refractivity contribution in [2.75, 3.05) is 0 Å². The number of aryl methyl sites for hydroxylation is 2. The van der Waals surface area contributed by atoms with Crippen LogP contribution < -0.4 is 0 Å². The van der Waals surface area contributed by atoms with E-state index in [4.69, 9.17) is 9.40 Å². The number of pyridine rings is 1. The van der Waals surface area contributed by atoms with E-state index >= 15 is 0 Å². The van der Waals surface area contributed by atoms with Crippen molar-refractivity contribution in [1.29, 1.82) is 0 Å². The van der Waals surface area contributed by atoms with Crippen molar-refractivity contribution in [3.05, 3.63) is 89.1 Å². The van der Waals surface area contributed by atoms with Gasteiger partial charge >= 0.3 is 0 Å². The van der Waals surface area contributed by atoms with Crippen molar-refractivity contribution >= 4 is 21.9 Å². The van der Waals surface area contributed by atoms with Crippen molar-refractivity contribution in [2.45, 2.75) is 59.8 Å². The third kappa shape index (κ3) is 3.34. The number of benzene rings is 3. The van der Waals surface area contributed by atoms with Crippen molar-refractivity contribution < 1.29 is 4.42 Å². The molecule has 1 aliphatic rings. The number of rotatable bonds is 5. The Bertz CT molecular complexity index is 1610. The molecular formula is C34H35NO. The molecule has 0 fully saturated rings. The number of nitrogens with zero attached hydrogens (tertiary/aromatic N) is 1. The maximum Gasteiger partial charge on any atom is 0.144 e. The van der Waals surface area contributed by atoms with Gasteiger partial charge in [-0.25, -0.2) is 0 Å². The molecule has 2 heterocycles. The van der Waals surface area contributed by atoms with Crippen LogP contribution in [0.3, 0.4) is 0 Å². The van der Waals surface area contributed by atoms with Crippen LogP contribution in [-0.2, 0) is 5.41 Å². The minimum Gasteiger partial charge on any atom is -0.455 e. The van der Waals surface area contributed by atoms with Crippen molar-refractivity contribution in [2.24, 2.45) is 11.8 Å². The monoisotopic (exact) mass is 473 g/mol. The molecule has 36 heavy (non-hydrogen) atoms. The fourth-order valence-electron chi connectivity index (χ4n) is 6.76. The van der Waals surface area contributed by atoms with E-state index in [1.165, 1.54) is 44.2 Å². The molecule has 0 radical (unpaired) electrons. The molecule has 0 amide bonds. The number of para-hydroxylation sites is 1. The molecule has 1 aliphatic carbocycles. The van der Waals surface area contributed by atoms with Gasteiger partial charge in [-0.3, -0.25) is 4.98 Å².